The number of fused-ring (bicyclic) bond motifs is 1. The molecule has 0 saturated heterocycles. The molecule has 0 fully saturated rings. The van der Waals surface area contributed by atoms with Crippen molar-refractivity contribution >= 4 is 32.9 Å². The second kappa shape index (κ2) is 5.30. The van der Waals surface area contributed by atoms with Gasteiger partial charge in [-0.25, -0.2) is 4.79 Å². The Kier molecular flexibility index (Phi) is 3.76. The monoisotopic (exact) mass is 312 g/mol. The van der Waals surface area contributed by atoms with Gasteiger partial charge >= 0.3 is 6.09 Å². The Bertz CT molecular complexity index is 580. The van der Waals surface area contributed by atoms with E-state index in [4.69, 9.17) is 15.2 Å². The molecule has 0 bridgehead atoms. The first-order valence-electron chi connectivity index (χ1n) is 5.36. The highest BCUT2D eigenvalue weighted by Gasteiger charge is 2.07. The lowest BCUT2D eigenvalue weighted by molar-refractivity contribution is 0.153. The van der Waals surface area contributed by atoms with Crippen LogP contribution in [-0.2, 0) is 11.3 Å². The van der Waals surface area contributed by atoms with E-state index in [0.29, 0.717) is 6.54 Å². The van der Waals surface area contributed by atoms with Gasteiger partial charge in [0.25, 0.3) is 0 Å². The molecule has 5 nitrogen and oxygen atoms in total. The lowest BCUT2D eigenvalue weighted by Crippen LogP contribution is -2.16. The normalized spacial score (nSPS) is 10.6. The number of hydrogen-bond acceptors (Lipinski definition) is 3. The first-order chi connectivity index (χ1) is 8.61. The number of methoxy groups -OCH3 is 1. The van der Waals surface area contributed by atoms with Crippen molar-refractivity contribution in [3.05, 3.63) is 28.9 Å². The van der Waals surface area contributed by atoms with Crippen molar-refractivity contribution in [3.63, 3.8) is 0 Å². The number of nitrogens with zero attached hydrogens (tertiary/aromatic N) is 1. The molecule has 2 rings (SSSR count). The van der Waals surface area contributed by atoms with Crippen LogP contribution >= 0.6 is 15.9 Å². The van der Waals surface area contributed by atoms with Crippen LogP contribution in [0.15, 0.2) is 28.9 Å². The third-order valence-electron chi connectivity index (χ3n) is 2.62. The predicted octanol–water partition coefficient (Wildman–Crippen LogP) is 2.51. The minimum atomic E-state index is -0.759. The summed E-state index contributed by atoms with van der Waals surface area (Å²) < 4.78 is 12.9. The summed E-state index contributed by atoms with van der Waals surface area (Å²) in [6, 6.07) is 5.83. The Morgan fingerprint density at radius 3 is 2.94 bits per heavy atom. The number of nitrogens with two attached hydrogens (primary N) is 1. The standard InChI is InChI=1S/C12H13BrN2O3/c1-17-8-6-10(13)9-2-3-15(11(9)7-8)4-5-18-12(14)16/h2-3,6-7H,4-5H2,1H3,(H2,14,16). The molecule has 1 aromatic heterocycles. The lowest BCUT2D eigenvalue weighted by Gasteiger charge is -2.07. The number of halogens is 1. The molecule has 0 saturated carbocycles. The van der Waals surface area contributed by atoms with Crippen molar-refractivity contribution in [3.8, 4) is 5.75 Å². The van der Waals surface area contributed by atoms with Gasteiger partial charge in [-0.3, -0.25) is 0 Å². The van der Waals surface area contributed by atoms with Crippen molar-refractivity contribution < 1.29 is 14.3 Å². The summed E-state index contributed by atoms with van der Waals surface area (Å²) in [5, 5.41) is 1.08. The molecule has 0 aliphatic heterocycles. The first kappa shape index (κ1) is 12.8. The number of primary amides is 1. The third-order valence-corrected chi connectivity index (χ3v) is 3.28. The Labute approximate surface area is 113 Å². The highest BCUT2D eigenvalue weighted by atomic mass is 79.9. The molecule has 1 aromatic carbocycles. The molecule has 0 aliphatic carbocycles. The summed E-state index contributed by atoms with van der Waals surface area (Å²) in [5.41, 5.74) is 5.93. The summed E-state index contributed by atoms with van der Waals surface area (Å²) in [6.45, 7) is 0.792. The van der Waals surface area contributed by atoms with Crippen LogP contribution in [0.4, 0.5) is 4.79 Å². The molecule has 2 aromatic rings. The van der Waals surface area contributed by atoms with E-state index in [2.05, 4.69) is 15.9 Å². The number of carbonyl (C=O) groups excluding carboxylic acids is 1. The van der Waals surface area contributed by atoms with E-state index in [-0.39, 0.29) is 6.61 Å². The predicted molar refractivity (Wildman–Crippen MR) is 71.7 cm³/mol. The van der Waals surface area contributed by atoms with Gasteiger partial charge in [0.1, 0.15) is 12.4 Å². The quantitative estimate of drug-likeness (QED) is 0.943. The van der Waals surface area contributed by atoms with Gasteiger partial charge in [-0.2, -0.15) is 0 Å². The number of amides is 1. The van der Waals surface area contributed by atoms with Gasteiger partial charge in [0.05, 0.1) is 19.2 Å². The molecule has 6 heteroatoms. The summed E-state index contributed by atoms with van der Waals surface area (Å²) in [4.78, 5) is 10.5. The summed E-state index contributed by atoms with van der Waals surface area (Å²) in [5.74, 6) is 0.769. The van der Waals surface area contributed by atoms with Crippen LogP contribution in [0.2, 0.25) is 0 Å². The Morgan fingerprint density at radius 1 is 1.50 bits per heavy atom. The van der Waals surface area contributed by atoms with Gasteiger partial charge in [-0.05, 0) is 28.1 Å². The summed E-state index contributed by atoms with van der Waals surface area (Å²) in [7, 11) is 1.62. The van der Waals surface area contributed by atoms with E-state index in [9.17, 15) is 4.79 Å². The molecule has 2 N–H and O–H groups in total. The molecule has 0 unspecified atom stereocenters. The molecular formula is C12H13BrN2O3. The number of rotatable bonds is 4. The molecule has 1 amide bonds. The van der Waals surface area contributed by atoms with Crippen LogP contribution in [0.5, 0.6) is 5.75 Å². The summed E-state index contributed by atoms with van der Waals surface area (Å²) in [6.07, 6.45) is 1.17. The van der Waals surface area contributed by atoms with Crippen molar-refractivity contribution in [1.82, 2.24) is 4.57 Å². The lowest BCUT2D eigenvalue weighted by atomic mass is 10.2. The van der Waals surface area contributed by atoms with E-state index >= 15 is 0 Å². The fourth-order valence-electron chi connectivity index (χ4n) is 1.78. The van der Waals surface area contributed by atoms with Crippen LogP contribution in [-0.4, -0.2) is 24.4 Å². The van der Waals surface area contributed by atoms with Crippen molar-refractivity contribution in [1.29, 1.82) is 0 Å². The highest BCUT2D eigenvalue weighted by molar-refractivity contribution is 9.10. The Balaban J connectivity index is 2.28. The van der Waals surface area contributed by atoms with Gasteiger partial charge in [0, 0.05) is 22.1 Å². The fourth-order valence-corrected chi connectivity index (χ4v) is 2.34. The van der Waals surface area contributed by atoms with E-state index in [0.717, 1.165) is 21.1 Å². The second-order valence-electron chi connectivity index (χ2n) is 3.72. The van der Waals surface area contributed by atoms with Gasteiger partial charge in [0.15, 0.2) is 0 Å². The number of hydrogen-bond donors (Lipinski definition) is 1. The minimum absolute atomic E-state index is 0.244. The van der Waals surface area contributed by atoms with Gasteiger partial charge < -0.3 is 19.8 Å². The molecule has 0 spiro atoms. The summed E-state index contributed by atoms with van der Waals surface area (Å²) >= 11 is 3.49. The zero-order chi connectivity index (χ0) is 13.1. The average Bonchev–Trinajstić information content (AvgIpc) is 2.72. The third kappa shape index (κ3) is 2.59. The SMILES string of the molecule is COc1cc(Br)c2ccn(CCOC(N)=O)c2c1. The minimum Gasteiger partial charge on any atom is -0.497 e. The van der Waals surface area contributed by atoms with E-state index < -0.39 is 6.09 Å². The van der Waals surface area contributed by atoms with Crippen LogP contribution < -0.4 is 10.5 Å². The van der Waals surface area contributed by atoms with Crippen LogP contribution in [0.1, 0.15) is 0 Å². The molecule has 96 valence electrons. The van der Waals surface area contributed by atoms with E-state index in [1.54, 1.807) is 7.11 Å². The largest absolute Gasteiger partial charge is 0.497 e. The van der Waals surface area contributed by atoms with E-state index in [1.807, 2.05) is 29.0 Å². The number of aromatic nitrogens is 1. The van der Waals surface area contributed by atoms with Crippen molar-refractivity contribution in [2.24, 2.45) is 5.73 Å². The second-order valence-corrected chi connectivity index (χ2v) is 4.57. The van der Waals surface area contributed by atoms with Crippen LogP contribution in [0.25, 0.3) is 10.9 Å². The number of benzene rings is 1. The molecule has 0 aliphatic rings. The Hall–Kier alpha value is -1.69. The van der Waals surface area contributed by atoms with Crippen molar-refractivity contribution in [2.75, 3.05) is 13.7 Å². The maximum Gasteiger partial charge on any atom is 0.404 e. The molecule has 0 radical (unpaired) electrons. The van der Waals surface area contributed by atoms with Crippen LogP contribution in [0.3, 0.4) is 0 Å². The maximum atomic E-state index is 10.5. The first-order valence-corrected chi connectivity index (χ1v) is 6.15. The zero-order valence-corrected chi connectivity index (χ0v) is 11.4. The molecular weight excluding hydrogens is 300 g/mol. The molecule has 1 heterocycles. The Morgan fingerprint density at radius 2 is 2.28 bits per heavy atom. The topological polar surface area (TPSA) is 66.5 Å². The van der Waals surface area contributed by atoms with E-state index in [1.165, 1.54) is 0 Å². The average molecular weight is 313 g/mol. The zero-order valence-electron chi connectivity index (χ0n) is 9.85. The fraction of sp³-hybridized carbons (Fsp3) is 0.250. The maximum absolute atomic E-state index is 10.5. The van der Waals surface area contributed by atoms with Gasteiger partial charge in [-0.1, -0.05) is 0 Å². The number of carbonyl (C=O) groups is 1. The van der Waals surface area contributed by atoms with Gasteiger partial charge in [-0.15, -0.1) is 0 Å². The highest BCUT2D eigenvalue weighted by Crippen LogP contribution is 2.30. The van der Waals surface area contributed by atoms with Crippen LogP contribution in [0, 0.1) is 0 Å². The smallest absolute Gasteiger partial charge is 0.404 e. The van der Waals surface area contributed by atoms with Crippen molar-refractivity contribution in [2.45, 2.75) is 6.54 Å². The molecule has 0 atom stereocenters. The molecule has 18 heavy (non-hydrogen) atoms. The van der Waals surface area contributed by atoms with Gasteiger partial charge in [0.2, 0.25) is 0 Å². The number of ether oxygens (including phenoxy) is 2.